The monoisotopic (exact) mass is 512 g/mol. The summed E-state index contributed by atoms with van der Waals surface area (Å²) in [5.74, 6) is 0.131. The Hall–Kier alpha value is -1.01. The normalized spacial score (nSPS) is 24.6. The molecule has 1 unspecified atom stereocenters. The molecule has 0 aromatic carbocycles. The second kappa shape index (κ2) is 9.80. The molecule has 2 rings (SSSR count). The summed E-state index contributed by atoms with van der Waals surface area (Å²) in [5, 5.41) is 0.0365. The zero-order valence-electron chi connectivity index (χ0n) is 23.7. The van der Waals surface area contributed by atoms with Crippen LogP contribution in [0.5, 0.6) is 0 Å². The fourth-order valence-electron chi connectivity index (χ4n) is 3.89. The van der Waals surface area contributed by atoms with Crippen molar-refractivity contribution in [2.75, 3.05) is 0 Å². The molecule has 0 amide bonds. The zero-order valence-corrected chi connectivity index (χ0v) is 25.7. The van der Waals surface area contributed by atoms with E-state index in [-0.39, 0.29) is 34.9 Å². The number of ether oxygens (including phenoxy) is 1. The average molecular weight is 513 g/mol. The summed E-state index contributed by atoms with van der Waals surface area (Å²) in [6.07, 6.45) is 0.0398. The summed E-state index contributed by atoms with van der Waals surface area (Å²) in [6.45, 7) is 28.0. The number of nitrogens with one attached hydrogen (secondary N) is 1. The maximum atomic E-state index is 13.1. The van der Waals surface area contributed by atoms with Crippen LogP contribution >= 0.6 is 0 Å². The first kappa shape index (κ1) is 29.2. The Morgan fingerprint density at radius 1 is 1.00 bits per heavy atom. The van der Waals surface area contributed by atoms with Gasteiger partial charge in [-0.05, 0) is 49.6 Å². The van der Waals surface area contributed by atoms with E-state index in [1.54, 1.807) is 0 Å². The lowest BCUT2D eigenvalue weighted by molar-refractivity contribution is 0.00880. The Labute approximate surface area is 207 Å². The van der Waals surface area contributed by atoms with Crippen LogP contribution in [0.15, 0.2) is 9.59 Å². The third kappa shape index (κ3) is 5.69. The third-order valence-corrected chi connectivity index (χ3v) is 17.5. The Kier molecular flexibility index (Phi) is 8.43. The number of rotatable bonds is 7. The molecule has 2 heterocycles. The molecule has 1 aliphatic heterocycles. The van der Waals surface area contributed by atoms with Crippen LogP contribution in [-0.4, -0.2) is 38.4 Å². The Balaban J connectivity index is 2.54. The molecule has 0 aliphatic carbocycles. The molecule has 7 nitrogen and oxygen atoms in total. The molecule has 196 valence electrons. The summed E-state index contributed by atoms with van der Waals surface area (Å²) in [6, 6.07) is 0. The van der Waals surface area contributed by atoms with E-state index in [4.69, 9.17) is 13.6 Å². The van der Waals surface area contributed by atoms with Gasteiger partial charge in [-0.15, -0.1) is 0 Å². The minimum Gasteiger partial charge on any atom is -0.411 e. The van der Waals surface area contributed by atoms with E-state index in [0.29, 0.717) is 11.3 Å². The average Bonchev–Trinajstić information content (AvgIpc) is 2.94. The van der Waals surface area contributed by atoms with E-state index >= 15 is 0 Å². The van der Waals surface area contributed by atoms with Crippen LogP contribution in [-0.2, 0) is 20.3 Å². The summed E-state index contributed by atoms with van der Waals surface area (Å²) >= 11 is 0. The largest absolute Gasteiger partial charge is 0.411 e. The van der Waals surface area contributed by atoms with Gasteiger partial charge in [-0.3, -0.25) is 14.3 Å². The second-order valence-corrected chi connectivity index (χ2v) is 22.5. The van der Waals surface area contributed by atoms with Crippen molar-refractivity contribution in [1.29, 1.82) is 0 Å². The van der Waals surface area contributed by atoms with Crippen molar-refractivity contribution in [2.45, 2.75) is 130 Å². The van der Waals surface area contributed by atoms with E-state index < -0.39 is 34.0 Å². The van der Waals surface area contributed by atoms with Gasteiger partial charge in [0.25, 0.3) is 5.56 Å². The third-order valence-electron chi connectivity index (χ3n) is 8.51. The van der Waals surface area contributed by atoms with Crippen molar-refractivity contribution in [3.8, 4) is 0 Å². The van der Waals surface area contributed by atoms with Gasteiger partial charge < -0.3 is 13.6 Å². The highest BCUT2D eigenvalue weighted by molar-refractivity contribution is 6.74. The summed E-state index contributed by atoms with van der Waals surface area (Å²) in [7, 11) is -4.22. The smallest absolute Gasteiger partial charge is 0.330 e. The van der Waals surface area contributed by atoms with Crippen LogP contribution < -0.4 is 11.2 Å². The molecule has 1 aromatic heterocycles. The SMILES string of the molecule is CC[C@H]1O[C@@H](c2c(C)n(CO[Si](C)(C)C(C)(C)C)c(=O)[nH]c2=O)[C@@H](O[Si](C)(C)C(C)(C)C)C1C. The maximum Gasteiger partial charge on any atom is 0.330 e. The molecule has 9 heteroatoms. The van der Waals surface area contributed by atoms with Crippen molar-refractivity contribution >= 4 is 16.6 Å². The molecule has 0 radical (unpaired) electrons. The van der Waals surface area contributed by atoms with Gasteiger partial charge in [-0.1, -0.05) is 55.4 Å². The van der Waals surface area contributed by atoms with E-state index in [2.05, 4.69) is 86.6 Å². The van der Waals surface area contributed by atoms with E-state index in [0.717, 1.165) is 6.42 Å². The molecule has 1 fully saturated rings. The standard InChI is InChI=1S/C25H48N2O5Si2/c1-14-18-16(2)20(32-34(12,13)25(7,8)9)21(31-18)19-17(3)27(23(29)26-22(19)28)15-30-33(10,11)24(4,5)6/h16,18,20-21H,14-15H2,1-13H3,(H,26,28,29)/t16?,18-,20+,21+/m1/s1. The lowest BCUT2D eigenvalue weighted by atomic mass is 9.94. The van der Waals surface area contributed by atoms with Crippen molar-refractivity contribution in [3.05, 3.63) is 32.1 Å². The highest BCUT2D eigenvalue weighted by Gasteiger charge is 2.49. The van der Waals surface area contributed by atoms with E-state index in [9.17, 15) is 9.59 Å². The summed E-state index contributed by atoms with van der Waals surface area (Å²) < 4.78 is 21.2. The molecule has 0 spiro atoms. The summed E-state index contributed by atoms with van der Waals surface area (Å²) in [4.78, 5) is 28.5. The van der Waals surface area contributed by atoms with Crippen LogP contribution in [0.4, 0.5) is 0 Å². The quantitative estimate of drug-likeness (QED) is 0.474. The molecule has 1 saturated heterocycles. The first-order valence-electron chi connectivity index (χ1n) is 12.6. The Bertz CT molecular complexity index is 985. The first-order valence-corrected chi connectivity index (χ1v) is 18.4. The van der Waals surface area contributed by atoms with Gasteiger partial charge in [-0.2, -0.15) is 0 Å². The van der Waals surface area contributed by atoms with Gasteiger partial charge in [0.15, 0.2) is 16.6 Å². The number of aromatic amines is 1. The molecule has 34 heavy (non-hydrogen) atoms. The maximum absolute atomic E-state index is 13.1. The lowest BCUT2D eigenvalue weighted by Gasteiger charge is -2.40. The second-order valence-electron chi connectivity index (χ2n) is 12.9. The number of aromatic nitrogens is 2. The van der Waals surface area contributed by atoms with Gasteiger partial charge in [0, 0.05) is 11.6 Å². The van der Waals surface area contributed by atoms with Gasteiger partial charge in [-0.25, -0.2) is 4.79 Å². The van der Waals surface area contributed by atoms with Gasteiger partial charge in [0.05, 0.1) is 17.8 Å². The fourth-order valence-corrected chi connectivity index (χ4v) is 6.15. The number of hydrogen-bond donors (Lipinski definition) is 1. The summed E-state index contributed by atoms with van der Waals surface area (Å²) in [5.41, 5.74) is 0.212. The topological polar surface area (TPSA) is 82.5 Å². The van der Waals surface area contributed by atoms with Crippen LogP contribution in [0.25, 0.3) is 0 Å². The van der Waals surface area contributed by atoms with Crippen molar-refractivity contribution in [2.24, 2.45) is 5.92 Å². The molecule has 1 aliphatic rings. The zero-order chi connectivity index (χ0) is 26.4. The van der Waals surface area contributed by atoms with Crippen LogP contribution in [0.2, 0.25) is 36.3 Å². The highest BCUT2D eigenvalue weighted by atomic mass is 28.4. The molecular formula is C25H48N2O5Si2. The number of H-pyrrole nitrogens is 1. The van der Waals surface area contributed by atoms with Crippen molar-refractivity contribution in [1.82, 2.24) is 9.55 Å². The van der Waals surface area contributed by atoms with Crippen molar-refractivity contribution in [3.63, 3.8) is 0 Å². The number of nitrogens with zero attached hydrogens (tertiary/aromatic N) is 1. The van der Waals surface area contributed by atoms with E-state index in [1.165, 1.54) is 4.57 Å². The first-order chi connectivity index (χ1) is 15.2. The molecule has 1 N–H and O–H groups in total. The molecular weight excluding hydrogens is 464 g/mol. The van der Waals surface area contributed by atoms with Gasteiger partial charge >= 0.3 is 5.69 Å². The minimum atomic E-state index is -2.13. The highest BCUT2D eigenvalue weighted by Crippen LogP contribution is 2.45. The molecule has 1 aromatic rings. The molecule has 0 bridgehead atoms. The molecule has 0 saturated carbocycles. The Morgan fingerprint density at radius 3 is 2.00 bits per heavy atom. The fraction of sp³-hybridized carbons (Fsp3) is 0.840. The van der Waals surface area contributed by atoms with E-state index in [1.807, 2.05) is 6.92 Å². The van der Waals surface area contributed by atoms with Crippen LogP contribution in [0.3, 0.4) is 0 Å². The lowest BCUT2D eigenvalue weighted by Crippen LogP contribution is -2.47. The van der Waals surface area contributed by atoms with Crippen molar-refractivity contribution < 1.29 is 13.6 Å². The predicted octanol–water partition coefficient (Wildman–Crippen LogP) is 5.70. The van der Waals surface area contributed by atoms with Crippen LogP contribution in [0, 0.1) is 12.8 Å². The Morgan fingerprint density at radius 2 is 1.53 bits per heavy atom. The van der Waals surface area contributed by atoms with Gasteiger partial charge in [0.1, 0.15) is 12.8 Å². The van der Waals surface area contributed by atoms with Gasteiger partial charge in [0.2, 0.25) is 0 Å². The number of hydrogen-bond acceptors (Lipinski definition) is 5. The van der Waals surface area contributed by atoms with Crippen LogP contribution in [0.1, 0.15) is 79.2 Å². The minimum absolute atomic E-state index is 0.00990. The predicted molar refractivity (Wildman–Crippen MR) is 143 cm³/mol. The molecule has 4 atom stereocenters.